The van der Waals surface area contributed by atoms with Crippen molar-refractivity contribution in [3.63, 3.8) is 0 Å². The number of hydrogen-bond donors (Lipinski definition) is 3. The smallest absolute Gasteiger partial charge is 0.241 e. The molecule has 0 fully saturated rings. The number of halogens is 1. The van der Waals surface area contributed by atoms with Crippen molar-refractivity contribution in [3.8, 4) is 11.3 Å². The fourth-order valence-corrected chi connectivity index (χ4v) is 1.71. The minimum Gasteiger partial charge on any atom is -0.325 e. The third-order valence-corrected chi connectivity index (χ3v) is 2.96. The zero-order valence-electron chi connectivity index (χ0n) is 11.5. The van der Waals surface area contributed by atoms with E-state index in [1.165, 1.54) is 0 Å². The second-order valence-corrected chi connectivity index (χ2v) is 4.81. The molecule has 0 spiro atoms. The highest BCUT2D eigenvalue weighted by Crippen LogP contribution is 2.20. The summed E-state index contributed by atoms with van der Waals surface area (Å²) in [6.07, 6.45) is 1.69. The molecule has 108 valence electrons. The number of benzene rings is 1. The van der Waals surface area contributed by atoms with Gasteiger partial charge in [-0.2, -0.15) is 5.10 Å². The summed E-state index contributed by atoms with van der Waals surface area (Å²) in [6, 6.07) is 8.93. The normalized spacial score (nSPS) is 11.8. The third-order valence-electron chi connectivity index (χ3n) is 2.96. The molecule has 5 nitrogen and oxygen atoms in total. The highest BCUT2D eigenvalue weighted by Gasteiger charge is 2.17. The molecule has 0 aliphatic rings. The van der Waals surface area contributed by atoms with Crippen LogP contribution < -0.4 is 11.1 Å². The van der Waals surface area contributed by atoms with Gasteiger partial charge in [-0.1, -0.05) is 26.0 Å². The van der Waals surface area contributed by atoms with E-state index in [0.717, 1.165) is 16.9 Å². The molecular weight excluding hydrogens is 276 g/mol. The summed E-state index contributed by atoms with van der Waals surface area (Å²) in [7, 11) is 0. The quantitative estimate of drug-likeness (QED) is 0.809. The molecule has 2 aromatic rings. The molecule has 0 bridgehead atoms. The lowest BCUT2D eigenvalue weighted by Crippen LogP contribution is -2.39. The van der Waals surface area contributed by atoms with Crippen molar-refractivity contribution in [2.45, 2.75) is 19.9 Å². The number of amides is 1. The molecule has 1 aromatic heterocycles. The Labute approximate surface area is 124 Å². The van der Waals surface area contributed by atoms with Crippen molar-refractivity contribution in [2.24, 2.45) is 11.7 Å². The Morgan fingerprint density at radius 2 is 2.10 bits per heavy atom. The molecule has 1 unspecified atom stereocenters. The lowest BCUT2D eigenvalue weighted by atomic mass is 10.0. The fraction of sp³-hybridized carbons (Fsp3) is 0.286. The first-order valence-electron chi connectivity index (χ1n) is 6.24. The zero-order valence-corrected chi connectivity index (χ0v) is 12.3. The van der Waals surface area contributed by atoms with E-state index in [4.69, 9.17) is 5.73 Å². The van der Waals surface area contributed by atoms with E-state index in [-0.39, 0.29) is 24.2 Å². The van der Waals surface area contributed by atoms with Gasteiger partial charge < -0.3 is 11.1 Å². The van der Waals surface area contributed by atoms with E-state index >= 15 is 0 Å². The first-order valence-corrected chi connectivity index (χ1v) is 6.24. The molecule has 6 heteroatoms. The molecule has 4 N–H and O–H groups in total. The van der Waals surface area contributed by atoms with E-state index in [2.05, 4.69) is 15.5 Å². The number of anilines is 1. The molecule has 0 aliphatic carbocycles. The predicted molar refractivity (Wildman–Crippen MR) is 82.7 cm³/mol. The summed E-state index contributed by atoms with van der Waals surface area (Å²) in [4.78, 5) is 11.9. The first-order chi connectivity index (χ1) is 9.08. The number of nitrogens with two attached hydrogens (primary N) is 1. The van der Waals surface area contributed by atoms with Crippen LogP contribution in [0.15, 0.2) is 36.5 Å². The second kappa shape index (κ2) is 7.07. The zero-order chi connectivity index (χ0) is 13.8. The largest absolute Gasteiger partial charge is 0.325 e. The van der Waals surface area contributed by atoms with E-state index in [0.29, 0.717) is 0 Å². The van der Waals surface area contributed by atoms with Crippen LogP contribution in [0.2, 0.25) is 0 Å². The fourth-order valence-electron chi connectivity index (χ4n) is 1.71. The summed E-state index contributed by atoms with van der Waals surface area (Å²) in [5.41, 5.74) is 8.41. The number of rotatable bonds is 4. The average molecular weight is 295 g/mol. The summed E-state index contributed by atoms with van der Waals surface area (Å²) in [6.45, 7) is 3.84. The lowest BCUT2D eigenvalue weighted by molar-refractivity contribution is -0.118. The number of carbonyl (C=O) groups excluding carboxylic acids is 1. The number of aromatic nitrogens is 2. The molecule has 1 atom stereocenters. The molecule has 2 rings (SSSR count). The Kier molecular flexibility index (Phi) is 5.73. The van der Waals surface area contributed by atoms with Gasteiger partial charge in [-0.05, 0) is 24.1 Å². The van der Waals surface area contributed by atoms with E-state index in [9.17, 15) is 4.79 Å². The maximum Gasteiger partial charge on any atom is 0.241 e. The van der Waals surface area contributed by atoms with E-state index in [1.54, 1.807) is 6.20 Å². The van der Waals surface area contributed by atoms with Gasteiger partial charge >= 0.3 is 0 Å². The Hall–Kier alpha value is -1.85. The predicted octanol–water partition coefficient (Wildman–Crippen LogP) is 2.42. The number of aromatic amines is 1. The van der Waals surface area contributed by atoms with Crippen LogP contribution in [0.25, 0.3) is 11.3 Å². The SMILES string of the molecule is CC(C)C(N)C(=O)Nc1cccc(-c2ccn[nH]2)c1.Cl. The summed E-state index contributed by atoms with van der Waals surface area (Å²) >= 11 is 0. The molecule has 0 saturated carbocycles. The Morgan fingerprint density at radius 1 is 1.35 bits per heavy atom. The second-order valence-electron chi connectivity index (χ2n) is 4.81. The number of hydrogen-bond acceptors (Lipinski definition) is 3. The minimum absolute atomic E-state index is 0. The van der Waals surface area contributed by atoms with Crippen LogP contribution in [-0.4, -0.2) is 22.1 Å². The number of carbonyl (C=O) groups is 1. The summed E-state index contributed by atoms with van der Waals surface area (Å²) in [5.74, 6) is -0.0625. The van der Waals surface area contributed by atoms with Crippen LogP contribution >= 0.6 is 12.4 Å². The van der Waals surface area contributed by atoms with Gasteiger partial charge in [0.15, 0.2) is 0 Å². The molecule has 20 heavy (non-hydrogen) atoms. The van der Waals surface area contributed by atoms with Gasteiger partial charge in [0.1, 0.15) is 0 Å². The van der Waals surface area contributed by atoms with Crippen LogP contribution in [0.1, 0.15) is 13.8 Å². The molecule has 0 radical (unpaired) electrons. The molecule has 1 aromatic carbocycles. The van der Waals surface area contributed by atoms with Crippen molar-refractivity contribution in [1.29, 1.82) is 0 Å². The van der Waals surface area contributed by atoms with Crippen molar-refractivity contribution in [1.82, 2.24) is 10.2 Å². The van der Waals surface area contributed by atoms with E-state index in [1.807, 2.05) is 44.2 Å². The Balaban J connectivity index is 0.00000200. The molecule has 0 saturated heterocycles. The number of nitrogens with one attached hydrogen (secondary N) is 2. The van der Waals surface area contributed by atoms with Gasteiger partial charge in [0.2, 0.25) is 5.91 Å². The first kappa shape index (κ1) is 16.2. The van der Waals surface area contributed by atoms with Crippen molar-refractivity contribution >= 4 is 24.0 Å². The van der Waals surface area contributed by atoms with Gasteiger partial charge in [-0.3, -0.25) is 9.89 Å². The van der Waals surface area contributed by atoms with Gasteiger partial charge in [0.25, 0.3) is 0 Å². The number of H-pyrrole nitrogens is 1. The molecule has 1 heterocycles. The van der Waals surface area contributed by atoms with Crippen LogP contribution in [0, 0.1) is 5.92 Å². The van der Waals surface area contributed by atoms with Gasteiger partial charge in [-0.25, -0.2) is 0 Å². The summed E-state index contributed by atoms with van der Waals surface area (Å²) < 4.78 is 0. The standard InChI is InChI=1S/C14H18N4O.ClH/c1-9(2)13(15)14(19)17-11-5-3-4-10(8-11)12-6-7-16-18-12;/h3-9,13H,15H2,1-2H3,(H,16,18)(H,17,19);1H. The van der Waals surface area contributed by atoms with Gasteiger partial charge in [-0.15, -0.1) is 12.4 Å². The van der Waals surface area contributed by atoms with Gasteiger partial charge in [0, 0.05) is 17.4 Å². The van der Waals surface area contributed by atoms with Crippen molar-refractivity contribution in [2.75, 3.05) is 5.32 Å². The van der Waals surface area contributed by atoms with E-state index < -0.39 is 6.04 Å². The molecule has 0 aliphatic heterocycles. The average Bonchev–Trinajstić information content (AvgIpc) is 2.91. The monoisotopic (exact) mass is 294 g/mol. The topological polar surface area (TPSA) is 83.8 Å². The lowest BCUT2D eigenvalue weighted by Gasteiger charge is -2.15. The van der Waals surface area contributed by atoms with Crippen LogP contribution in [0.5, 0.6) is 0 Å². The highest BCUT2D eigenvalue weighted by molar-refractivity contribution is 5.95. The molecular formula is C14H19ClN4O. The number of nitrogens with zero attached hydrogens (tertiary/aromatic N) is 1. The maximum atomic E-state index is 11.9. The van der Waals surface area contributed by atoms with Crippen molar-refractivity contribution in [3.05, 3.63) is 36.5 Å². The Morgan fingerprint density at radius 3 is 2.70 bits per heavy atom. The van der Waals surface area contributed by atoms with Crippen molar-refractivity contribution < 1.29 is 4.79 Å². The van der Waals surface area contributed by atoms with Crippen LogP contribution in [0.4, 0.5) is 5.69 Å². The maximum absolute atomic E-state index is 11.9. The minimum atomic E-state index is -0.504. The van der Waals surface area contributed by atoms with Crippen LogP contribution in [-0.2, 0) is 4.79 Å². The molecule has 1 amide bonds. The Bertz CT molecular complexity index is 554. The van der Waals surface area contributed by atoms with Gasteiger partial charge in [0.05, 0.1) is 11.7 Å². The summed E-state index contributed by atoms with van der Waals surface area (Å²) in [5, 5.41) is 9.62. The highest BCUT2D eigenvalue weighted by atomic mass is 35.5. The third kappa shape index (κ3) is 3.82. The van der Waals surface area contributed by atoms with Crippen LogP contribution in [0.3, 0.4) is 0 Å².